The molecular formula is C15H19N3O2. The van der Waals surface area contributed by atoms with E-state index in [-0.39, 0.29) is 18.4 Å². The number of fused-ring (bicyclic) bond motifs is 1. The van der Waals surface area contributed by atoms with Crippen LogP contribution in [0.2, 0.25) is 0 Å². The lowest BCUT2D eigenvalue weighted by Crippen LogP contribution is -2.39. The summed E-state index contributed by atoms with van der Waals surface area (Å²) in [7, 11) is 1.67. The number of nitrogens with one attached hydrogen (secondary N) is 2. The number of rotatable bonds is 4. The second-order valence-electron chi connectivity index (χ2n) is 5.55. The van der Waals surface area contributed by atoms with E-state index in [1.807, 2.05) is 18.2 Å². The fraction of sp³-hybridized carbons (Fsp3) is 0.467. The van der Waals surface area contributed by atoms with Crippen LogP contribution in [-0.4, -0.2) is 42.9 Å². The molecule has 3 rings (SSSR count). The minimum atomic E-state index is -0.106. The van der Waals surface area contributed by atoms with Gasteiger partial charge >= 0.3 is 0 Å². The molecule has 1 aromatic carbocycles. The third-order valence-corrected chi connectivity index (χ3v) is 3.73. The van der Waals surface area contributed by atoms with Crippen LogP contribution >= 0.6 is 0 Å². The van der Waals surface area contributed by atoms with Crippen molar-refractivity contribution in [3.63, 3.8) is 0 Å². The second kappa shape index (κ2) is 5.15. The van der Waals surface area contributed by atoms with Crippen molar-refractivity contribution in [3.8, 4) is 0 Å². The first-order valence-corrected chi connectivity index (χ1v) is 7.05. The summed E-state index contributed by atoms with van der Waals surface area (Å²) in [5.74, 6) is -0.183. The summed E-state index contributed by atoms with van der Waals surface area (Å²) in [6, 6.07) is 6.01. The molecule has 1 aliphatic heterocycles. The van der Waals surface area contributed by atoms with Gasteiger partial charge in [-0.25, -0.2) is 0 Å². The summed E-state index contributed by atoms with van der Waals surface area (Å²) in [5.41, 5.74) is 2.93. The van der Waals surface area contributed by atoms with Crippen molar-refractivity contribution in [1.29, 1.82) is 0 Å². The Kier molecular flexibility index (Phi) is 3.34. The van der Waals surface area contributed by atoms with Crippen LogP contribution in [0, 0.1) is 0 Å². The van der Waals surface area contributed by atoms with Gasteiger partial charge in [-0.2, -0.15) is 0 Å². The lowest BCUT2D eigenvalue weighted by Gasteiger charge is -2.17. The highest BCUT2D eigenvalue weighted by Gasteiger charge is 2.24. The molecule has 0 radical (unpaired) electrons. The van der Waals surface area contributed by atoms with Gasteiger partial charge in [-0.05, 0) is 43.0 Å². The van der Waals surface area contributed by atoms with Crippen LogP contribution in [0.3, 0.4) is 0 Å². The quantitative estimate of drug-likeness (QED) is 0.860. The number of benzene rings is 1. The number of hydrogen-bond donors (Lipinski definition) is 2. The zero-order valence-electron chi connectivity index (χ0n) is 11.6. The van der Waals surface area contributed by atoms with Crippen molar-refractivity contribution in [2.45, 2.75) is 25.3 Å². The van der Waals surface area contributed by atoms with Gasteiger partial charge in [0.25, 0.3) is 5.91 Å². The van der Waals surface area contributed by atoms with Gasteiger partial charge in [-0.1, -0.05) is 0 Å². The highest BCUT2D eigenvalue weighted by molar-refractivity contribution is 5.97. The number of hydrogen-bond acceptors (Lipinski definition) is 3. The molecule has 2 aliphatic rings. The second-order valence-corrected chi connectivity index (χ2v) is 5.55. The van der Waals surface area contributed by atoms with Crippen LogP contribution in [0.1, 0.15) is 28.8 Å². The Hall–Kier alpha value is -2.04. The molecule has 1 heterocycles. The molecule has 0 bridgehead atoms. The molecule has 1 aromatic rings. The molecule has 20 heavy (non-hydrogen) atoms. The molecule has 2 amide bonds. The third-order valence-electron chi connectivity index (χ3n) is 3.73. The van der Waals surface area contributed by atoms with Crippen LogP contribution < -0.4 is 10.6 Å². The van der Waals surface area contributed by atoms with E-state index in [1.165, 1.54) is 10.5 Å². The highest BCUT2D eigenvalue weighted by atomic mass is 16.2. The van der Waals surface area contributed by atoms with Crippen LogP contribution in [-0.2, 0) is 11.2 Å². The van der Waals surface area contributed by atoms with Crippen LogP contribution in [0.4, 0.5) is 5.69 Å². The predicted octanol–water partition coefficient (Wildman–Crippen LogP) is 1.01. The van der Waals surface area contributed by atoms with E-state index in [0.29, 0.717) is 11.6 Å². The van der Waals surface area contributed by atoms with Gasteiger partial charge < -0.3 is 15.5 Å². The van der Waals surface area contributed by atoms with E-state index >= 15 is 0 Å². The fourth-order valence-corrected chi connectivity index (χ4v) is 2.45. The van der Waals surface area contributed by atoms with Crippen molar-refractivity contribution in [1.82, 2.24) is 10.2 Å². The highest BCUT2D eigenvalue weighted by Crippen LogP contribution is 2.23. The smallest absolute Gasteiger partial charge is 0.254 e. The van der Waals surface area contributed by atoms with Gasteiger partial charge in [0.05, 0.1) is 6.54 Å². The maximum Gasteiger partial charge on any atom is 0.254 e. The average molecular weight is 273 g/mol. The molecule has 0 saturated heterocycles. The van der Waals surface area contributed by atoms with Gasteiger partial charge in [-0.3, -0.25) is 9.59 Å². The van der Waals surface area contributed by atoms with E-state index < -0.39 is 0 Å². The maximum atomic E-state index is 12.3. The maximum absolute atomic E-state index is 12.3. The SMILES string of the molecule is CN(CC(=O)NC1CC1)C(=O)c1ccc2c(c1)CCN2. The Morgan fingerprint density at radius 1 is 1.40 bits per heavy atom. The topological polar surface area (TPSA) is 61.4 Å². The molecule has 1 fully saturated rings. The third kappa shape index (κ3) is 2.76. The van der Waals surface area contributed by atoms with Crippen molar-refractivity contribution >= 4 is 17.5 Å². The van der Waals surface area contributed by atoms with Crippen LogP contribution in [0.25, 0.3) is 0 Å². The Labute approximate surface area is 118 Å². The van der Waals surface area contributed by atoms with Gasteiger partial charge in [0.1, 0.15) is 0 Å². The molecule has 0 spiro atoms. The molecular weight excluding hydrogens is 254 g/mol. The predicted molar refractivity (Wildman–Crippen MR) is 76.8 cm³/mol. The van der Waals surface area contributed by atoms with Gasteiger partial charge in [0.2, 0.25) is 5.91 Å². The zero-order valence-corrected chi connectivity index (χ0v) is 11.6. The number of nitrogens with zero attached hydrogens (tertiary/aromatic N) is 1. The minimum Gasteiger partial charge on any atom is -0.384 e. The van der Waals surface area contributed by atoms with E-state index in [2.05, 4.69) is 10.6 Å². The number of anilines is 1. The first kappa shape index (κ1) is 13.0. The Bertz CT molecular complexity index is 552. The zero-order chi connectivity index (χ0) is 14.1. The minimum absolute atomic E-state index is 0.0776. The summed E-state index contributed by atoms with van der Waals surface area (Å²) < 4.78 is 0. The summed E-state index contributed by atoms with van der Waals surface area (Å²) in [6.07, 6.45) is 3.06. The summed E-state index contributed by atoms with van der Waals surface area (Å²) in [5, 5.41) is 6.16. The van der Waals surface area contributed by atoms with Crippen LogP contribution in [0.15, 0.2) is 18.2 Å². The lowest BCUT2D eigenvalue weighted by molar-refractivity contribution is -0.121. The summed E-state index contributed by atoms with van der Waals surface area (Å²) >= 11 is 0. The standard InChI is InChI=1S/C15H19N3O2/c1-18(9-14(19)17-12-3-4-12)15(20)11-2-5-13-10(8-11)6-7-16-13/h2,5,8,12,16H,3-4,6-7,9H2,1H3,(H,17,19). The van der Waals surface area contributed by atoms with E-state index in [9.17, 15) is 9.59 Å². The molecule has 2 N–H and O–H groups in total. The molecule has 0 aromatic heterocycles. The largest absolute Gasteiger partial charge is 0.384 e. The number of carbonyl (C=O) groups is 2. The molecule has 5 heteroatoms. The van der Waals surface area contributed by atoms with E-state index in [0.717, 1.165) is 31.5 Å². The molecule has 0 unspecified atom stereocenters. The normalized spacial score (nSPS) is 16.2. The molecule has 106 valence electrons. The molecule has 1 aliphatic carbocycles. The van der Waals surface area contributed by atoms with E-state index in [1.54, 1.807) is 7.05 Å². The molecule has 1 saturated carbocycles. The molecule has 5 nitrogen and oxygen atoms in total. The lowest BCUT2D eigenvalue weighted by atomic mass is 10.1. The Morgan fingerprint density at radius 3 is 2.95 bits per heavy atom. The van der Waals surface area contributed by atoms with Gasteiger partial charge in [-0.15, -0.1) is 0 Å². The fourth-order valence-electron chi connectivity index (χ4n) is 2.45. The summed E-state index contributed by atoms with van der Waals surface area (Å²) in [4.78, 5) is 25.5. The van der Waals surface area contributed by atoms with Crippen molar-refractivity contribution in [3.05, 3.63) is 29.3 Å². The van der Waals surface area contributed by atoms with Crippen LogP contribution in [0.5, 0.6) is 0 Å². The van der Waals surface area contributed by atoms with Gasteiger partial charge in [0, 0.05) is 30.9 Å². The van der Waals surface area contributed by atoms with Crippen molar-refractivity contribution in [2.75, 3.05) is 25.5 Å². The first-order valence-electron chi connectivity index (χ1n) is 7.05. The number of carbonyl (C=O) groups excluding carboxylic acids is 2. The Balaban J connectivity index is 1.63. The first-order chi connectivity index (χ1) is 9.63. The van der Waals surface area contributed by atoms with Crippen molar-refractivity contribution < 1.29 is 9.59 Å². The summed E-state index contributed by atoms with van der Waals surface area (Å²) in [6.45, 7) is 1.04. The number of amides is 2. The average Bonchev–Trinajstić information content (AvgIpc) is 3.11. The monoisotopic (exact) mass is 273 g/mol. The Morgan fingerprint density at radius 2 is 2.20 bits per heavy atom. The van der Waals surface area contributed by atoms with E-state index in [4.69, 9.17) is 0 Å². The van der Waals surface area contributed by atoms with Gasteiger partial charge in [0.15, 0.2) is 0 Å². The van der Waals surface area contributed by atoms with Crippen molar-refractivity contribution in [2.24, 2.45) is 0 Å². The number of likely N-dealkylation sites (N-methyl/N-ethyl adjacent to an activating group) is 1. The molecule has 0 atom stereocenters.